The number of hydrogen-bond acceptors (Lipinski definition) is 3. The van der Waals surface area contributed by atoms with Crippen molar-refractivity contribution in [3.63, 3.8) is 0 Å². The Morgan fingerprint density at radius 3 is 2.87 bits per heavy atom. The van der Waals surface area contributed by atoms with E-state index in [0.717, 1.165) is 30.9 Å². The highest BCUT2D eigenvalue weighted by Gasteiger charge is 2.24. The summed E-state index contributed by atoms with van der Waals surface area (Å²) in [5.74, 6) is 1.80. The molecule has 1 aliphatic rings. The number of aromatic nitrogens is 3. The van der Waals surface area contributed by atoms with Crippen LogP contribution in [0.25, 0.3) is 0 Å². The zero-order valence-corrected chi connectivity index (χ0v) is 13.1. The number of urea groups is 1. The summed E-state index contributed by atoms with van der Waals surface area (Å²) in [5, 5.41) is 9.75. The molecule has 0 spiro atoms. The van der Waals surface area contributed by atoms with Crippen LogP contribution in [0.2, 0.25) is 0 Å². The predicted molar refractivity (Wildman–Crippen MR) is 84.5 cm³/mol. The molecular formula is C16H20FN5O. The maximum Gasteiger partial charge on any atom is 0.321 e. The van der Waals surface area contributed by atoms with Gasteiger partial charge < -0.3 is 10.2 Å². The molecule has 1 aromatic carbocycles. The fourth-order valence-electron chi connectivity index (χ4n) is 2.85. The number of piperidine rings is 1. The number of aromatic amines is 1. The van der Waals surface area contributed by atoms with E-state index in [1.54, 1.807) is 17.0 Å². The van der Waals surface area contributed by atoms with Gasteiger partial charge in [-0.1, -0.05) is 6.07 Å². The molecule has 2 heterocycles. The van der Waals surface area contributed by atoms with Gasteiger partial charge in [-0.15, -0.1) is 0 Å². The van der Waals surface area contributed by atoms with Crippen molar-refractivity contribution in [2.45, 2.75) is 26.2 Å². The molecule has 2 amide bonds. The number of anilines is 1. The number of halogens is 1. The molecule has 1 saturated heterocycles. The number of carbonyl (C=O) groups excluding carboxylic acids is 1. The second-order valence-electron chi connectivity index (χ2n) is 5.91. The second kappa shape index (κ2) is 6.76. The topological polar surface area (TPSA) is 73.9 Å². The fourth-order valence-corrected chi connectivity index (χ4v) is 2.85. The quantitative estimate of drug-likeness (QED) is 0.914. The lowest BCUT2D eigenvalue weighted by Crippen LogP contribution is -2.41. The van der Waals surface area contributed by atoms with Crippen LogP contribution < -0.4 is 5.32 Å². The minimum absolute atomic E-state index is 0.178. The normalized spacial score (nSPS) is 15.7. The van der Waals surface area contributed by atoms with Crippen LogP contribution in [0.5, 0.6) is 0 Å². The first kappa shape index (κ1) is 15.5. The number of nitrogens with one attached hydrogen (secondary N) is 2. The van der Waals surface area contributed by atoms with E-state index in [-0.39, 0.29) is 11.8 Å². The Balaban J connectivity index is 1.49. The molecule has 0 unspecified atom stereocenters. The van der Waals surface area contributed by atoms with Gasteiger partial charge in [-0.25, -0.2) is 14.2 Å². The summed E-state index contributed by atoms with van der Waals surface area (Å²) in [6.45, 7) is 3.26. The lowest BCUT2D eigenvalue weighted by Gasteiger charge is -2.31. The molecular weight excluding hydrogens is 297 g/mol. The van der Waals surface area contributed by atoms with Crippen LogP contribution in [0.3, 0.4) is 0 Å². The van der Waals surface area contributed by atoms with Crippen LogP contribution in [-0.4, -0.2) is 39.2 Å². The molecule has 3 rings (SSSR count). The number of nitrogens with zero attached hydrogens (tertiary/aromatic N) is 3. The van der Waals surface area contributed by atoms with Gasteiger partial charge in [0.1, 0.15) is 11.6 Å². The van der Waals surface area contributed by atoms with Gasteiger partial charge in [-0.3, -0.25) is 5.10 Å². The summed E-state index contributed by atoms with van der Waals surface area (Å²) < 4.78 is 13.1. The minimum Gasteiger partial charge on any atom is -0.325 e. The highest BCUT2D eigenvalue weighted by molar-refractivity contribution is 5.89. The van der Waals surface area contributed by atoms with Crippen molar-refractivity contribution < 1.29 is 9.18 Å². The molecule has 0 bridgehead atoms. The lowest BCUT2D eigenvalue weighted by atomic mass is 9.93. The number of H-pyrrole nitrogens is 1. The Hall–Kier alpha value is -2.44. The van der Waals surface area contributed by atoms with Crippen LogP contribution in [-0.2, 0) is 6.42 Å². The Morgan fingerprint density at radius 1 is 1.43 bits per heavy atom. The molecule has 7 heteroatoms. The third-order valence-corrected chi connectivity index (χ3v) is 4.09. The van der Waals surface area contributed by atoms with Crippen LogP contribution >= 0.6 is 0 Å². The summed E-state index contributed by atoms with van der Waals surface area (Å²) in [6, 6.07) is 5.75. The monoisotopic (exact) mass is 317 g/mol. The molecule has 0 radical (unpaired) electrons. The standard InChI is InChI=1S/C16H20FN5O/c1-11-18-15(21-20-11)9-12-5-7-22(8-6-12)16(23)19-14-4-2-3-13(17)10-14/h2-4,10,12H,5-9H2,1H3,(H,19,23)(H,18,20,21). The number of amides is 2. The maximum absolute atomic E-state index is 13.1. The van der Waals surface area contributed by atoms with Crippen molar-refractivity contribution >= 4 is 11.7 Å². The van der Waals surface area contributed by atoms with E-state index in [2.05, 4.69) is 20.5 Å². The Kier molecular flexibility index (Phi) is 4.55. The smallest absolute Gasteiger partial charge is 0.321 e. The first-order valence-electron chi connectivity index (χ1n) is 7.79. The molecule has 0 aliphatic carbocycles. The van der Waals surface area contributed by atoms with Gasteiger partial charge in [0, 0.05) is 25.2 Å². The first-order valence-corrected chi connectivity index (χ1v) is 7.79. The van der Waals surface area contributed by atoms with E-state index in [4.69, 9.17) is 0 Å². The van der Waals surface area contributed by atoms with Gasteiger partial charge in [-0.2, -0.15) is 5.10 Å². The first-order chi connectivity index (χ1) is 11.1. The zero-order valence-electron chi connectivity index (χ0n) is 13.1. The van der Waals surface area contributed by atoms with Crippen molar-refractivity contribution in [2.75, 3.05) is 18.4 Å². The van der Waals surface area contributed by atoms with Crippen LogP contribution in [0.1, 0.15) is 24.5 Å². The number of rotatable bonds is 3. The Morgan fingerprint density at radius 2 is 2.22 bits per heavy atom. The molecule has 2 N–H and O–H groups in total. The van der Waals surface area contributed by atoms with Crippen molar-refractivity contribution in [3.8, 4) is 0 Å². The van der Waals surface area contributed by atoms with Crippen molar-refractivity contribution in [3.05, 3.63) is 41.7 Å². The molecule has 0 atom stereocenters. The average molecular weight is 317 g/mol. The summed E-state index contributed by atoms with van der Waals surface area (Å²) in [7, 11) is 0. The molecule has 1 aromatic heterocycles. The summed E-state index contributed by atoms with van der Waals surface area (Å²) in [6.07, 6.45) is 2.68. The third-order valence-electron chi connectivity index (χ3n) is 4.09. The number of likely N-dealkylation sites (tertiary alicyclic amines) is 1. The summed E-state index contributed by atoms with van der Waals surface area (Å²) in [4.78, 5) is 18.3. The fraction of sp³-hybridized carbons (Fsp3) is 0.438. The highest BCUT2D eigenvalue weighted by atomic mass is 19.1. The van der Waals surface area contributed by atoms with Gasteiger partial charge in [0.2, 0.25) is 0 Å². The lowest BCUT2D eigenvalue weighted by molar-refractivity contribution is 0.182. The van der Waals surface area contributed by atoms with E-state index in [1.165, 1.54) is 12.1 Å². The van der Waals surface area contributed by atoms with Gasteiger partial charge in [0.05, 0.1) is 0 Å². The SMILES string of the molecule is Cc1nc(CC2CCN(C(=O)Nc3cccc(F)c3)CC2)n[nH]1. The van der Waals surface area contributed by atoms with Crippen molar-refractivity contribution in [2.24, 2.45) is 5.92 Å². The Bertz CT molecular complexity index is 679. The summed E-state index contributed by atoms with van der Waals surface area (Å²) >= 11 is 0. The van der Waals surface area contributed by atoms with E-state index in [0.29, 0.717) is 24.7 Å². The molecule has 23 heavy (non-hydrogen) atoms. The average Bonchev–Trinajstić information content (AvgIpc) is 2.93. The van der Waals surface area contributed by atoms with Crippen molar-refractivity contribution in [1.82, 2.24) is 20.1 Å². The van der Waals surface area contributed by atoms with Crippen molar-refractivity contribution in [1.29, 1.82) is 0 Å². The van der Waals surface area contributed by atoms with Gasteiger partial charge >= 0.3 is 6.03 Å². The zero-order chi connectivity index (χ0) is 16.2. The molecule has 122 valence electrons. The Labute approximate surface area is 134 Å². The van der Waals surface area contributed by atoms with Gasteiger partial charge in [0.25, 0.3) is 0 Å². The second-order valence-corrected chi connectivity index (χ2v) is 5.91. The van der Waals surface area contributed by atoms with Crippen LogP contribution in [0.15, 0.2) is 24.3 Å². The largest absolute Gasteiger partial charge is 0.325 e. The summed E-state index contributed by atoms with van der Waals surface area (Å²) in [5.41, 5.74) is 0.480. The maximum atomic E-state index is 13.1. The predicted octanol–water partition coefficient (Wildman–Crippen LogP) is 2.74. The van der Waals surface area contributed by atoms with Crippen LogP contribution in [0.4, 0.5) is 14.9 Å². The van der Waals surface area contributed by atoms with Gasteiger partial charge in [0.15, 0.2) is 5.82 Å². The van der Waals surface area contributed by atoms with Gasteiger partial charge in [-0.05, 0) is 43.9 Å². The molecule has 0 saturated carbocycles. The van der Waals surface area contributed by atoms with E-state index >= 15 is 0 Å². The number of aryl methyl sites for hydroxylation is 1. The highest BCUT2D eigenvalue weighted by Crippen LogP contribution is 2.21. The van der Waals surface area contributed by atoms with E-state index in [9.17, 15) is 9.18 Å². The number of carbonyl (C=O) groups is 1. The van der Waals surface area contributed by atoms with E-state index in [1.807, 2.05) is 6.92 Å². The minimum atomic E-state index is -0.358. The number of benzene rings is 1. The molecule has 2 aromatic rings. The third kappa shape index (κ3) is 4.06. The molecule has 6 nitrogen and oxygen atoms in total. The number of hydrogen-bond donors (Lipinski definition) is 2. The van der Waals surface area contributed by atoms with Crippen LogP contribution in [0, 0.1) is 18.7 Å². The van der Waals surface area contributed by atoms with E-state index < -0.39 is 0 Å². The molecule has 1 fully saturated rings. The molecule has 1 aliphatic heterocycles.